The first-order valence-electron chi connectivity index (χ1n) is 7.69. The van der Waals surface area contributed by atoms with Gasteiger partial charge in [0.1, 0.15) is 5.82 Å². The van der Waals surface area contributed by atoms with Crippen LogP contribution in [0, 0.1) is 0 Å². The van der Waals surface area contributed by atoms with Crippen molar-refractivity contribution in [3.63, 3.8) is 0 Å². The summed E-state index contributed by atoms with van der Waals surface area (Å²) in [4.78, 5) is 4.32. The van der Waals surface area contributed by atoms with E-state index < -0.39 is 0 Å². The van der Waals surface area contributed by atoms with Gasteiger partial charge in [0.15, 0.2) is 0 Å². The van der Waals surface area contributed by atoms with Gasteiger partial charge in [-0.25, -0.2) is 4.98 Å². The summed E-state index contributed by atoms with van der Waals surface area (Å²) < 4.78 is 6.05. The number of hydrogen-bond acceptors (Lipinski definition) is 3. The summed E-state index contributed by atoms with van der Waals surface area (Å²) in [7, 11) is 0. The van der Waals surface area contributed by atoms with Gasteiger partial charge in [0.25, 0.3) is 0 Å². The molecule has 0 spiro atoms. The van der Waals surface area contributed by atoms with E-state index in [0.717, 1.165) is 18.8 Å². The van der Waals surface area contributed by atoms with Crippen molar-refractivity contribution >= 4 is 5.82 Å². The van der Waals surface area contributed by atoms with Crippen molar-refractivity contribution in [2.45, 2.75) is 64.6 Å². The molecule has 2 rings (SSSR count). The molecule has 1 fully saturated rings. The molecule has 1 aromatic heterocycles. The molecule has 0 saturated heterocycles. The number of ether oxygens (including phenoxy) is 1. The second kappa shape index (κ2) is 8.16. The van der Waals surface area contributed by atoms with E-state index in [4.69, 9.17) is 4.74 Å². The third kappa shape index (κ3) is 5.19. The minimum atomic E-state index is 0.461. The van der Waals surface area contributed by atoms with E-state index in [2.05, 4.69) is 23.3 Å². The molecule has 0 amide bonds. The maximum absolute atomic E-state index is 6.05. The van der Waals surface area contributed by atoms with Crippen molar-refractivity contribution in [3.05, 3.63) is 23.9 Å². The predicted octanol–water partition coefficient (Wildman–Crippen LogP) is 4.14. The van der Waals surface area contributed by atoms with E-state index in [1.807, 2.05) is 12.3 Å². The number of hydrogen-bond donors (Lipinski definition) is 1. The van der Waals surface area contributed by atoms with E-state index in [-0.39, 0.29) is 0 Å². The Morgan fingerprint density at radius 3 is 2.79 bits per heavy atom. The molecule has 0 atom stereocenters. The lowest BCUT2D eigenvalue weighted by Gasteiger charge is -2.15. The Morgan fingerprint density at radius 2 is 2.05 bits per heavy atom. The highest BCUT2D eigenvalue weighted by atomic mass is 16.5. The van der Waals surface area contributed by atoms with Gasteiger partial charge >= 0.3 is 0 Å². The third-order valence-corrected chi connectivity index (χ3v) is 3.67. The van der Waals surface area contributed by atoms with Gasteiger partial charge < -0.3 is 10.1 Å². The number of rotatable bonds is 6. The first-order valence-corrected chi connectivity index (χ1v) is 7.69. The van der Waals surface area contributed by atoms with E-state index in [9.17, 15) is 0 Å². The topological polar surface area (TPSA) is 34.1 Å². The molecule has 0 aliphatic heterocycles. The number of nitrogens with zero attached hydrogens (tertiary/aromatic N) is 1. The molecule has 1 heterocycles. The van der Waals surface area contributed by atoms with Crippen LogP contribution in [0.1, 0.15) is 57.4 Å². The van der Waals surface area contributed by atoms with Crippen LogP contribution in [0.3, 0.4) is 0 Å². The Morgan fingerprint density at radius 1 is 1.26 bits per heavy atom. The lowest BCUT2D eigenvalue weighted by Crippen LogP contribution is -2.11. The Labute approximate surface area is 116 Å². The molecule has 1 N–H and O–H groups in total. The zero-order valence-electron chi connectivity index (χ0n) is 12.0. The van der Waals surface area contributed by atoms with Gasteiger partial charge in [0.2, 0.25) is 0 Å². The maximum Gasteiger partial charge on any atom is 0.126 e. The number of aromatic nitrogens is 1. The zero-order chi connectivity index (χ0) is 13.3. The lowest BCUT2D eigenvalue weighted by atomic mass is 10.1. The van der Waals surface area contributed by atoms with Crippen molar-refractivity contribution in [3.8, 4) is 0 Å². The van der Waals surface area contributed by atoms with Gasteiger partial charge in [0.05, 0.1) is 12.7 Å². The summed E-state index contributed by atoms with van der Waals surface area (Å²) in [5.41, 5.74) is 1.22. The molecule has 0 bridgehead atoms. The quantitative estimate of drug-likeness (QED) is 0.782. The fourth-order valence-electron chi connectivity index (χ4n) is 2.54. The molecule has 3 nitrogen and oxygen atoms in total. The van der Waals surface area contributed by atoms with Crippen molar-refractivity contribution < 1.29 is 4.74 Å². The first-order chi connectivity index (χ1) is 9.38. The van der Waals surface area contributed by atoms with Crippen LogP contribution in [0.15, 0.2) is 18.3 Å². The fraction of sp³-hybridized carbons (Fsp3) is 0.688. The van der Waals surface area contributed by atoms with Crippen molar-refractivity contribution in [1.82, 2.24) is 4.98 Å². The molecule has 0 aromatic carbocycles. The van der Waals surface area contributed by atoms with Crippen LogP contribution in [-0.2, 0) is 11.3 Å². The van der Waals surface area contributed by atoms with Crippen molar-refractivity contribution in [2.24, 2.45) is 0 Å². The van der Waals surface area contributed by atoms with Crippen LogP contribution in [0.5, 0.6) is 0 Å². The van der Waals surface area contributed by atoms with Crippen LogP contribution in [-0.4, -0.2) is 17.6 Å². The molecule has 0 radical (unpaired) electrons. The van der Waals surface area contributed by atoms with Gasteiger partial charge in [-0.2, -0.15) is 0 Å². The van der Waals surface area contributed by atoms with E-state index in [1.54, 1.807) is 0 Å². The lowest BCUT2D eigenvalue weighted by molar-refractivity contribution is 0.0310. The van der Waals surface area contributed by atoms with Crippen LogP contribution in [0.2, 0.25) is 0 Å². The Kier molecular flexibility index (Phi) is 6.15. The van der Waals surface area contributed by atoms with E-state index >= 15 is 0 Å². The highest BCUT2D eigenvalue weighted by Gasteiger charge is 2.12. The number of nitrogens with one attached hydrogen (secondary N) is 1. The monoisotopic (exact) mass is 262 g/mol. The fourth-order valence-corrected chi connectivity index (χ4v) is 2.54. The average Bonchev–Trinajstić information content (AvgIpc) is 2.72. The van der Waals surface area contributed by atoms with Crippen LogP contribution in [0.25, 0.3) is 0 Å². The Bertz CT molecular complexity index is 360. The molecule has 1 saturated carbocycles. The Balaban J connectivity index is 1.81. The number of anilines is 1. The summed E-state index contributed by atoms with van der Waals surface area (Å²) in [6.07, 6.45) is 11.3. The highest BCUT2D eigenvalue weighted by Crippen LogP contribution is 2.21. The van der Waals surface area contributed by atoms with Gasteiger partial charge in [-0.15, -0.1) is 0 Å². The summed E-state index contributed by atoms with van der Waals surface area (Å²) in [5.74, 6) is 0.962. The normalized spacial score (nSPS) is 17.1. The second-order valence-corrected chi connectivity index (χ2v) is 5.40. The maximum atomic E-state index is 6.05. The molecule has 1 aliphatic rings. The molecule has 106 valence electrons. The standard InChI is InChI=1S/C16H26N2O/c1-2-10-17-16-12-14(9-11-18-16)13-19-15-7-5-3-4-6-8-15/h9,11-12,15H,2-8,10,13H2,1H3,(H,17,18). The van der Waals surface area contributed by atoms with Gasteiger partial charge in [-0.1, -0.05) is 32.6 Å². The van der Waals surface area contributed by atoms with Crippen LogP contribution >= 0.6 is 0 Å². The predicted molar refractivity (Wildman–Crippen MR) is 79.3 cm³/mol. The summed E-state index contributed by atoms with van der Waals surface area (Å²) in [6.45, 7) is 3.85. The molecule has 1 aromatic rings. The second-order valence-electron chi connectivity index (χ2n) is 5.40. The molecule has 0 unspecified atom stereocenters. The number of pyridine rings is 1. The summed E-state index contributed by atoms with van der Waals surface area (Å²) in [6, 6.07) is 4.15. The van der Waals surface area contributed by atoms with E-state index in [0.29, 0.717) is 12.7 Å². The van der Waals surface area contributed by atoms with E-state index in [1.165, 1.54) is 44.1 Å². The van der Waals surface area contributed by atoms with Crippen molar-refractivity contribution in [2.75, 3.05) is 11.9 Å². The minimum absolute atomic E-state index is 0.461. The molecular weight excluding hydrogens is 236 g/mol. The average molecular weight is 262 g/mol. The largest absolute Gasteiger partial charge is 0.374 e. The summed E-state index contributed by atoms with van der Waals surface area (Å²) in [5, 5.41) is 3.32. The highest BCUT2D eigenvalue weighted by molar-refractivity contribution is 5.37. The van der Waals surface area contributed by atoms with Crippen molar-refractivity contribution in [1.29, 1.82) is 0 Å². The van der Waals surface area contributed by atoms with Crippen LogP contribution < -0.4 is 5.32 Å². The van der Waals surface area contributed by atoms with Gasteiger partial charge in [-0.3, -0.25) is 0 Å². The zero-order valence-corrected chi connectivity index (χ0v) is 12.0. The molecule has 3 heteroatoms. The summed E-state index contributed by atoms with van der Waals surface area (Å²) >= 11 is 0. The third-order valence-electron chi connectivity index (χ3n) is 3.67. The molecular formula is C16H26N2O. The van der Waals surface area contributed by atoms with Gasteiger partial charge in [0, 0.05) is 12.7 Å². The smallest absolute Gasteiger partial charge is 0.126 e. The van der Waals surface area contributed by atoms with Gasteiger partial charge in [-0.05, 0) is 37.0 Å². The van der Waals surface area contributed by atoms with Crippen LogP contribution in [0.4, 0.5) is 5.82 Å². The minimum Gasteiger partial charge on any atom is -0.374 e. The Hall–Kier alpha value is -1.09. The first kappa shape index (κ1) is 14.3. The SMILES string of the molecule is CCCNc1cc(COC2CCCCCC2)ccn1. The molecule has 1 aliphatic carbocycles. The molecule has 19 heavy (non-hydrogen) atoms.